The predicted octanol–water partition coefficient (Wildman–Crippen LogP) is 4.18. The molecular weight excluding hydrogens is 733 g/mol. The first-order valence-electron chi connectivity index (χ1n) is 20.6. The highest BCUT2D eigenvalue weighted by Crippen LogP contribution is 2.41. The normalized spacial score (nSPS) is 22.6. The summed E-state index contributed by atoms with van der Waals surface area (Å²) in [4.78, 5) is 69.8. The van der Waals surface area contributed by atoms with Gasteiger partial charge in [-0.25, -0.2) is 8.42 Å². The minimum absolute atomic E-state index is 0.0399. The number of nitrogens with two attached hydrogens (primary N) is 1. The van der Waals surface area contributed by atoms with E-state index < -0.39 is 39.7 Å². The summed E-state index contributed by atoms with van der Waals surface area (Å²) in [5.41, 5.74) is 6.93. The molecule has 14 heteroatoms. The van der Waals surface area contributed by atoms with E-state index in [1.54, 1.807) is 4.90 Å². The second-order valence-electron chi connectivity index (χ2n) is 15.6. The molecule has 13 nitrogen and oxygen atoms in total. The summed E-state index contributed by atoms with van der Waals surface area (Å²) in [6.07, 6.45) is 10.1. The maximum Gasteiger partial charge on any atom is 0.253 e. The molecule has 3 fully saturated rings. The maximum absolute atomic E-state index is 14.3. The molecule has 0 bridgehead atoms. The zero-order valence-corrected chi connectivity index (χ0v) is 33.8. The number of nitrogens with one attached hydrogen (secondary N) is 2. The number of benzene rings is 2. The van der Waals surface area contributed by atoms with Crippen LogP contribution < -0.4 is 16.4 Å². The highest BCUT2D eigenvalue weighted by Gasteiger charge is 2.46. The second kappa shape index (κ2) is 20.2. The van der Waals surface area contributed by atoms with E-state index in [-0.39, 0.29) is 72.9 Å². The fraction of sp³-hybridized carbons (Fsp3) is 0.595. The molecule has 0 aromatic heterocycles. The third kappa shape index (κ3) is 11.0. The van der Waals surface area contributed by atoms with E-state index in [4.69, 9.17) is 5.73 Å². The van der Waals surface area contributed by atoms with Crippen LogP contribution in [0.1, 0.15) is 113 Å². The van der Waals surface area contributed by atoms with Gasteiger partial charge in [0.25, 0.3) is 5.91 Å². The quantitative estimate of drug-likeness (QED) is 0.179. The molecule has 1 aliphatic carbocycles. The third-order valence-electron chi connectivity index (χ3n) is 11.4. The number of hydrogen-bond acceptors (Lipinski definition) is 7. The molecule has 3 aliphatic rings. The van der Waals surface area contributed by atoms with Crippen molar-refractivity contribution in [2.45, 2.75) is 114 Å². The van der Waals surface area contributed by atoms with Gasteiger partial charge in [0.05, 0.1) is 16.7 Å². The monoisotopic (exact) mass is 792 g/mol. The lowest BCUT2D eigenvalue weighted by Crippen LogP contribution is -2.53. The lowest BCUT2D eigenvalue weighted by atomic mass is 9.94. The molecule has 4 N–H and O–H groups in total. The zero-order chi connectivity index (χ0) is 40.2. The lowest BCUT2D eigenvalue weighted by molar-refractivity contribution is -0.140. The maximum atomic E-state index is 14.3. The van der Waals surface area contributed by atoms with Crippen molar-refractivity contribution >= 4 is 39.6 Å². The minimum atomic E-state index is -4.22. The molecule has 0 spiro atoms. The molecule has 2 saturated heterocycles. The average Bonchev–Trinajstić information content (AvgIpc) is 3.88. The zero-order valence-electron chi connectivity index (χ0n) is 33.0. The number of likely N-dealkylation sites (tertiary alicyclic amines) is 1. The van der Waals surface area contributed by atoms with E-state index in [0.29, 0.717) is 25.8 Å². The number of carbonyl (C=O) groups is 5. The third-order valence-corrected chi connectivity index (χ3v) is 13.2. The van der Waals surface area contributed by atoms with Gasteiger partial charge in [0, 0.05) is 63.2 Å². The molecular formula is C42H60N6O7S. The Morgan fingerprint density at radius 2 is 1.48 bits per heavy atom. The number of nitrogens with zero attached hydrogens (tertiary/aromatic N) is 3. The van der Waals surface area contributed by atoms with Gasteiger partial charge in [-0.2, -0.15) is 4.31 Å². The van der Waals surface area contributed by atoms with Crippen molar-refractivity contribution < 1.29 is 32.4 Å². The van der Waals surface area contributed by atoms with Gasteiger partial charge in [0.15, 0.2) is 0 Å². The number of carbonyl (C=O) groups excluding carboxylic acids is 5. The summed E-state index contributed by atoms with van der Waals surface area (Å²) in [7, 11) is -4.22. The van der Waals surface area contributed by atoms with Crippen LogP contribution in [0.3, 0.4) is 0 Å². The summed E-state index contributed by atoms with van der Waals surface area (Å²) in [6, 6.07) is 14.5. The van der Waals surface area contributed by atoms with Gasteiger partial charge in [0.1, 0.15) is 6.04 Å². The summed E-state index contributed by atoms with van der Waals surface area (Å²) >= 11 is 0. The van der Waals surface area contributed by atoms with Crippen molar-refractivity contribution in [3.05, 3.63) is 65.7 Å². The number of hydrogen-bond donors (Lipinski definition) is 3. The predicted molar refractivity (Wildman–Crippen MR) is 214 cm³/mol. The van der Waals surface area contributed by atoms with E-state index in [0.717, 1.165) is 63.4 Å². The van der Waals surface area contributed by atoms with Gasteiger partial charge in [-0.05, 0) is 49.4 Å². The first-order valence-corrected chi connectivity index (χ1v) is 22.0. The Hall–Kier alpha value is -4.30. The molecule has 0 unspecified atom stereocenters. The number of primary amides is 1. The highest BCUT2D eigenvalue weighted by molar-refractivity contribution is 7.89. The topological polar surface area (TPSA) is 179 Å². The van der Waals surface area contributed by atoms with Crippen LogP contribution in [0, 0.1) is 11.8 Å². The molecule has 5 atom stereocenters. The number of rotatable bonds is 19. The second-order valence-corrected chi connectivity index (χ2v) is 17.5. The number of unbranched alkanes of at least 4 members (excludes halogenated alkanes) is 7. The highest BCUT2D eigenvalue weighted by atomic mass is 32.2. The fourth-order valence-corrected chi connectivity index (χ4v) is 9.49. The van der Waals surface area contributed by atoms with Gasteiger partial charge in [-0.3, -0.25) is 24.0 Å². The van der Waals surface area contributed by atoms with Crippen LogP contribution in [0.5, 0.6) is 0 Å². The first kappa shape index (κ1) is 42.8. The van der Waals surface area contributed by atoms with Crippen LogP contribution in [0.25, 0.3) is 0 Å². The molecule has 306 valence electrons. The van der Waals surface area contributed by atoms with Crippen molar-refractivity contribution in [2.24, 2.45) is 17.6 Å². The van der Waals surface area contributed by atoms with E-state index in [9.17, 15) is 32.4 Å². The van der Waals surface area contributed by atoms with Crippen molar-refractivity contribution in [3.8, 4) is 0 Å². The van der Waals surface area contributed by atoms with Crippen LogP contribution in [-0.4, -0.2) is 103 Å². The van der Waals surface area contributed by atoms with Gasteiger partial charge < -0.3 is 26.2 Å². The van der Waals surface area contributed by atoms with Crippen molar-refractivity contribution in [1.29, 1.82) is 0 Å². The summed E-state index contributed by atoms with van der Waals surface area (Å²) in [6.45, 7) is 4.70. The van der Waals surface area contributed by atoms with Gasteiger partial charge in [0.2, 0.25) is 33.7 Å². The largest absolute Gasteiger partial charge is 0.369 e. The lowest BCUT2D eigenvalue weighted by Gasteiger charge is -2.31. The van der Waals surface area contributed by atoms with Crippen LogP contribution >= 0.6 is 0 Å². The smallest absolute Gasteiger partial charge is 0.253 e. The molecule has 0 radical (unpaired) electrons. The van der Waals surface area contributed by atoms with Gasteiger partial charge >= 0.3 is 0 Å². The molecule has 5 rings (SSSR count). The minimum Gasteiger partial charge on any atom is -0.369 e. The van der Waals surface area contributed by atoms with Crippen LogP contribution in [-0.2, 0) is 29.2 Å². The van der Waals surface area contributed by atoms with E-state index in [1.165, 1.54) is 33.5 Å². The van der Waals surface area contributed by atoms with E-state index >= 15 is 0 Å². The van der Waals surface area contributed by atoms with Crippen molar-refractivity contribution in [1.82, 2.24) is 24.7 Å². The molecule has 2 aromatic rings. The molecule has 2 aliphatic heterocycles. The Morgan fingerprint density at radius 1 is 0.786 bits per heavy atom. The molecule has 1 saturated carbocycles. The Bertz CT molecular complexity index is 1790. The van der Waals surface area contributed by atoms with Crippen molar-refractivity contribution in [2.75, 3.05) is 39.3 Å². The number of amides is 5. The summed E-state index contributed by atoms with van der Waals surface area (Å²) in [5.74, 6) is -3.62. The fourth-order valence-electron chi connectivity index (χ4n) is 7.96. The van der Waals surface area contributed by atoms with Crippen LogP contribution in [0.2, 0.25) is 0 Å². The standard InChI is InChI=1S/C42H60N6O7S/c1-3-5-7-9-13-21-38(49)48-24-16-23-47(29-37(48)41(52)44-22-14-8-6-4-2)56(54,55)32-20-15-19-31(25-32)42(53)46-27-34(39(43)50)35(28-46)40(51)45-36-26-33(36)30-17-11-10-12-18-30/h10-12,15,17-20,25,33-37H,3-9,13-14,16,21-24,26-29H2,1-2H3,(H2,43,50)(H,44,52)(H,45,51)/t33-,34-,35-,36+,37-/m1/s1. The summed E-state index contributed by atoms with van der Waals surface area (Å²) < 4.78 is 29.8. The van der Waals surface area contributed by atoms with E-state index in [1.807, 2.05) is 30.3 Å². The Balaban J connectivity index is 1.27. The summed E-state index contributed by atoms with van der Waals surface area (Å²) in [5, 5.41) is 5.99. The van der Waals surface area contributed by atoms with Crippen LogP contribution in [0.15, 0.2) is 59.5 Å². The molecule has 5 amide bonds. The average molecular weight is 793 g/mol. The molecule has 2 heterocycles. The van der Waals surface area contributed by atoms with Crippen LogP contribution in [0.4, 0.5) is 0 Å². The SMILES string of the molecule is CCCCCCCC(=O)N1CCCN(S(=O)(=O)c2cccc(C(=O)N3C[C@@H](C(N)=O)[C@H](C(=O)N[C@H]4C[C@@H]4c4ccccc4)C3)c2)C[C@@H]1C(=O)NCCCCCC. The van der Waals surface area contributed by atoms with Gasteiger partial charge in [-0.15, -0.1) is 0 Å². The molecule has 56 heavy (non-hydrogen) atoms. The first-order chi connectivity index (χ1) is 27.0. The Kier molecular flexibility index (Phi) is 15.5. The van der Waals surface area contributed by atoms with Crippen molar-refractivity contribution in [3.63, 3.8) is 0 Å². The van der Waals surface area contributed by atoms with E-state index in [2.05, 4.69) is 24.5 Å². The molecule has 2 aromatic carbocycles. The Morgan fingerprint density at radius 3 is 2.20 bits per heavy atom. The Labute approximate surface area is 332 Å². The number of sulfonamides is 1. The van der Waals surface area contributed by atoms with Gasteiger partial charge in [-0.1, -0.05) is 95.2 Å².